The van der Waals surface area contributed by atoms with E-state index >= 15 is 0 Å². The van der Waals surface area contributed by atoms with Crippen LogP contribution < -0.4 is 5.32 Å². The zero-order chi connectivity index (χ0) is 15.0. The van der Waals surface area contributed by atoms with Crippen LogP contribution in [0.3, 0.4) is 0 Å². The topological polar surface area (TPSA) is 67.8 Å². The van der Waals surface area contributed by atoms with Crippen molar-refractivity contribution in [3.63, 3.8) is 0 Å². The van der Waals surface area contributed by atoms with E-state index in [2.05, 4.69) is 5.32 Å². The lowest BCUT2D eigenvalue weighted by Gasteiger charge is -2.28. The van der Waals surface area contributed by atoms with Crippen molar-refractivity contribution in [2.45, 2.75) is 82.5 Å². The number of carbonyl (C=O) groups is 1. The first-order chi connectivity index (χ1) is 9.94. The first-order valence-electron chi connectivity index (χ1n) is 8.00. The molecule has 5 heteroatoms. The monoisotopic (exact) mass is 295 g/mol. The molecule has 0 radical (unpaired) electrons. The molecule has 1 amide bonds. The van der Waals surface area contributed by atoms with E-state index in [1.54, 1.807) is 6.08 Å². The summed E-state index contributed by atoms with van der Waals surface area (Å²) in [6.45, 7) is 3.67. The number of fused-ring (bicyclic) bond motifs is 1. The maximum atomic E-state index is 12.4. The molecular formula is C16H25NO4. The van der Waals surface area contributed by atoms with Gasteiger partial charge in [-0.25, -0.2) is 0 Å². The van der Waals surface area contributed by atoms with E-state index in [4.69, 9.17) is 9.47 Å². The molecule has 118 valence electrons. The van der Waals surface area contributed by atoms with Crippen LogP contribution in [0, 0.1) is 0 Å². The van der Waals surface area contributed by atoms with Crippen molar-refractivity contribution in [3.8, 4) is 0 Å². The number of ether oxygens (including phenoxy) is 2. The number of aliphatic hydroxyl groups excluding tert-OH is 1. The van der Waals surface area contributed by atoms with Gasteiger partial charge in [-0.2, -0.15) is 0 Å². The smallest absolute Gasteiger partial charge is 0.247 e. The molecule has 0 aromatic carbocycles. The molecule has 1 heterocycles. The van der Waals surface area contributed by atoms with Gasteiger partial charge in [0.15, 0.2) is 5.79 Å². The average Bonchev–Trinajstić information content (AvgIpc) is 2.75. The summed E-state index contributed by atoms with van der Waals surface area (Å²) in [7, 11) is 0. The number of hydrogen-bond donors (Lipinski definition) is 2. The van der Waals surface area contributed by atoms with E-state index in [1.807, 2.05) is 13.8 Å². The van der Waals surface area contributed by atoms with Crippen LogP contribution in [0.1, 0.15) is 52.4 Å². The van der Waals surface area contributed by atoms with Crippen LogP contribution in [0.2, 0.25) is 0 Å². The first kappa shape index (κ1) is 15.0. The normalized spacial score (nSPS) is 36.0. The van der Waals surface area contributed by atoms with Crippen LogP contribution in [0.25, 0.3) is 0 Å². The largest absolute Gasteiger partial charge is 0.386 e. The highest BCUT2D eigenvalue weighted by molar-refractivity contribution is 5.94. The second-order valence-corrected chi connectivity index (χ2v) is 6.83. The van der Waals surface area contributed by atoms with E-state index < -0.39 is 11.9 Å². The summed E-state index contributed by atoms with van der Waals surface area (Å²) in [5.74, 6) is -0.757. The molecule has 1 aliphatic heterocycles. The Hall–Kier alpha value is -0.910. The number of hydrogen-bond acceptors (Lipinski definition) is 4. The lowest BCUT2D eigenvalue weighted by atomic mass is 9.90. The highest BCUT2D eigenvalue weighted by Crippen LogP contribution is 2.36. The maximum absolute atomic E-state index is 12.4. The van der Waals surface area contributed by atoms with Crippen molar-refractivity contribution in [1.82, 2.24) is 5.32 Å². The highest BCUT2D eigenvalue weighted by Gasteiger charge is 2.47. The molecule has 0 spiro atoms. The molecule has 0 aromatic rings. The van der Waals surface area contributed by atoms with Crippen LogP contribution in [-0.2, 0) is 14.3 Å². The lowest BCUT2D eigenvalue weighted by Crippen LogP contribution is -2.43. The minimum absolute atomic E-state index is 0.0623. The van der Waals surface area contributed by atoms with Crippen molar-refractivity contribution >= 4 is 5.91 Å². The van der Waals surface area contributed by atoms with Crippen molar-refractivity contribution in [2.75, 3.05) is 0 Å². The van der Waals surface area contributed by atoms with Gasteiger partial charge in [0.25, 0.3) is 0 Å². The van der Waals surface area contributed by atoms with Crippen LogP contribution in [0.5, 0.6) is 0 Å². The van der Waals surface area contributed by atoms with Crippen LogP contribution in [-0.4, -0.2) is 41.2 Å². The molecule has 0 bridgehead atoms. The summed E-state index contributed by atoms with van der Waals surface area (Å²) in [5, 5.41) is 13.3. The van der Waals surface area contributed by atoms with Crippen molar-refractivity contribution < 1.29 is 19.4 Å². The van der Waals surface area contributed by atoms with Gasteiger partial charge in [0.2, 0.25) is 5.91 Å². The molecule has 21 heavy (non-hydrogen) atoms. The van der Waals surface area contributed by atoms with E-state index in [0.29, 0.717) is 12.0 Å². The predicted octanol–water partition coefficient (Wildman–Crippen LogP) is 1.65. The summed E-state index contributed by atoms with van der Waals surface area (Å²) in [6.07, 6.45) is 6.48. The molecule has 5 nitrogen and oxygen atoms in total. The minimum Gasteiger partial charge on any atom is -0.386 e. The van der Waals surface area contributed by atoms with E-state index in [1.165, 1.54) is 19.3 Å². The third-order valence-electron chi connectivity index (χ3n) is 4.58. The van der Waals surface area contributed by atoms with Crippen molar-refractivity contribution in [1.29, 1.82) is 0 Å². The molecule has 2 fully saturated rings. The Labute approximate surface area is 125 Å². The molecule has 1 saturated heterocycles. The third kappa shape index (κ3) is 3.30. The molecule has 3 atom stereocenters. The van der Waals surface area contributed by atoms with Crippen molar-refractivity contribution in [2.24, 2.45) is 0 Å². The van der Waals surface area contributed by atoms with Gasteiger partial charge in [0.05, 0.1) is 6.10 Å². The van der Waals surface area contributed by atoms with Gasteiger partial charge in [-0.15, -0.1) is 0 Å². The number of aliphatic hydroxyl groups is 1. The average molecular weight is 295 g/mol. The van der Waals surface area contributed by atoms with Crippen molar-refractivity contribution in [3.05, 3.63) is 11.6 Å². The fourth-order valence-electron chi connectivity index (χ4n) is 3.59. The van der Waals surface area contributed by atoms with Gasteiger partial charge >= 0.3 is 0 Å². The van der Waals surface area contributed by atoms with E-state index in [0.717, 1.165) is 12.8 Å². The Morgan fingerprint density at radius 1 is 1.29 bits per heavy atom. The van der Waals surface area contributed by atoms with Gasteiger partial charge in [-0.1, -0.05) is 19.3 Å². The van der Waals surface area contributed by atoms with Gasteiger partial charge < -0.3 is 19.9 Å². The predicted molar refractivity (Wildman–Crippen MR) is 77.5 cm³/mol. The zero-order valence-electron chi connectivity index (χ0n) is 12.8. The second-order valence-electron chi connectivity index (χ2n) is 6.83. The van der Waals surface area contributed by atoms with Crippen LogP contribution >= 0.6 is 0 Å². The highest BCUT2D eigenvalue weighted by atomic mass is 16.8. The molecule has 2 aliphatic carbocycles. The second kappa shape index (κ2) is 5.71. The van der Waals surface area contributed by atoms with E-state index in [-0.39, 0.29) is 24.2 Å². The van der Waals surface area contributed by atoms with Gasteiger partial charge in [0, 0.05) is 18.0 Å². The minimum atomic E-state index is -0.780. The number of rotatable bonds is 2. The third-order valence-corrected chi connectivity index (χ3v) is 4.58. The van der Waals surface area contributed by atoms with Gasteiger partial charge in [0.1, 0.15) is 12.2 Å². The fraction of sp³-hybridized carbons (Fsp3) is 0.812. The summed E-state index contributed by atoms with van der Waals surface area (Å²) in [6, 6.07) is 0.277. The summed E-state index contributed by atoms with van der Waals surface area (Å²) >= 11 is 0. The maximum Gasteiger partial charge on any atom is 0.247 e. The molecule has 3 rings (SSSR count). The summed E-state index contributed by atoms with van der Waals surface area (Å²) in [4.78, 5) is 12.4. The quantitative estimate of drug-likeness (QED) is 0.813. The number of carbonyl (C=O) groups excluding carboxylic acids is 1. The lowest BCUT2D eigenvalue weighted by molar-refractivity contribution is -0.151. The molecule has 1 saturated carbocycles. The Balaban J connectivity index is 1.63. The zero-order valence-corrected chi connectivity index (χ0v) is 12.8. The molecule has 0 unspecified atom stereocenters. The summed E-state index contributed by atoms with van der Waals surface area (Å²) < 4.78 is 11.5. The Bertz CT molecular complexity index is 440. The van der Waals surface area contributed by atoms with Gasteiger partial charge in [-0.05, 0) is 32.8 Å². The number of amides is 1. The first-order valence-corrected chi connectivity index (χ1v) is 8.00. The Morgan fingerprint density at radius 3 is 2.71 bits per heavy atom. The molecular weight excluding hydrogens is 270 g/mol. The summed E-state index contributed by atoms with van der Waals surface area (Å²) in [5.41, 5.74) is 0.621. The fourth-order valence-corrected chi connectivity index (χ4v) is 3.59. The van der Waals surface area contributed by atoms with E-state index in [9.17, 15) is 9.90 Å². The SMILES string of the molecule is CC1(C)O[C@H]2[C@@H](O)C=C(C(=O)NC3CCCCC3)C[C@H]2O1. The molecule has 3 aliphatic rings. The van der Waals surface area contributed by atoms with Crippen LogP contribution in [0.4, 0.5) is 0 Å². The van der Waals surface area contributed by atoms with Gasteiger partial charge in [-0.3, -0.25) is 4.79 Å². The Kier molecular flexibility index (Phi) is 4.08. The Morgan fingerprint density at radius 2 is 2.00 bits per heavy atom. The standard InChI is InChI=1S/C16H25NO4/c1-16(2)20-13-9-10(8-12(18)14(13)21-16)15(19)17-11-6-4-3-5-7-11/h8,11-14,18H,3-7,9H2,1-2H3,(H,17,19)/t12-,13+,14-/m0/s1. The van der Waals surface area contributed by atoms with Crippen LogP contribution in [0.15, 0.2) is 11.6 Å². The molecule has 0 aromatic heterocycles. The number of nitrogens with one attached hydrogen (secondary N) is 1. The molecule has 2 N–H and O–H groups in total.